The highest BCUT2D eigenvalue weighted by atomic mass is 35.5. The Labute approximate surface area is 212 Å². The normalized spacial score (nSPS) is 22.4. The predicted molar refractivity (Wildman–Crippen MR) is 135 cm³/mol. The van der Waals surface area contributed by atoms with E-state index in [9.17, 15) is 14.7 Å². The molecule has 1 aromatic carbocycles. The van der Waals surface area contributed by atoms with Crippen LogP contribution in [0.3, 0.4) is 0 Å². The Morgan fingerprint density at radius 2 is 1.94 bits per heavy atom. The number of β-amino-alcohol motifs (C(OH)–C–C–N with tert-alkyl or cyclic N) is 1. The van der Waals surface area contributed by atoms with Gasteiger partial charge in [0, 0.05) is 58.4 Å². The Bertz CT molecular complexity index is 867. The molecule has 0 aromatic heterocycles. The summed E-state index contributed by atoms with van der Waals surface area (Å²) in [5.41, 5.74) is 0.796. The molecule has 2 amide bonds. The summed E-state index contributed by atoms with van der Waals surface area (Å²) in [4.78, 5) is 31.1. The van der Waals surface area contributed by atoms with Crippen molar-refractivity contribution in [3.8, 4) is 0 Å². The highest BCUT2D eigenvalue weighted by Crippen LogP contribution is 2.23. The SMILES string of the molecule is COCC1CCC(O)CN1CCCCN1CCN(C(=O)C=Cc2ccc(Cl)c(Cl)c2)CCC1=O. The van der Waals surface area contributed by atoms with Gasteiger partial charge >= 0.3 is 0 Å². The first-order chi connectivity index (χ1) is 16.4. The minimum absolute atomic E-state index is 0.0921. The number of halogens is 2. The third-order valence-electron chi connectivity index (χ3n) is 6.54. The molecule has 0 saturated carbocycles. The third kappa shape index (κ3) is 7.95. The fourth-order valence-corrected chi connectivity index (χ4v) is 4.87. The molecule has 2 saturated heterocycles. The number of benzene rings is 1. The molecule has 188 valence electrons. The van der Waals surface area contributed by atoms with E-state index in [-0.39, 0.29) is 17.9 Å². The van der Waals surface area contributed by atoms with Gasteiger partial charge in [-0.25, -0.2) is 0 Å². The van der Waals surface area contributed by atoms with Crippen LogP contribution in [0, 0.1) is 0 Å². The number of hydrogen-bond donors (Lipinski definition) is 1. The van der Waals surface area contributed by atoms with Crippen molar-refractivity contribution in [2.75, 3.05) is 53.0 Å². The number of carbonyl (C=O) groups excluding carboxylic acids is 2. The molecule has 0 spiro atoms. The molecule has 1 aromatic rings. The minimum Gasteiger partial charge on any atom is -0.392 e. The zero-order valence-corrected chi connectivity index (χ0v) is 21.3. The molecule has 2 heterocycles. The Morgan fingerprint density at radius 3 is 2.71 bits per heavy atom. The van der Waals surface area contributed by atoms with E-state index in [0.717, 1.165) is 37.8 Å². The number of unbranched alkanes of at least 4 members (excludes halogenated alkanes) is 1. The van der Waals surface area contributed by atoms with Crippen molar-refractivity contribution < 1.29 is 19.4 Å². The lowest BCUT2D eigenvalue weighted by Crippen LogP contribution is -2.48. The summed E-state index contributed by atoms with van der Waals surface area (Å²) in [7, 11) is 1.71. The van der Waals surface area contributed by atoms with Crippen molar-refractivity contribution in [1.29, 1.82) is 0 Å². The van der Waals surface area contributed by atoms with Crippen LogP contribution in [0.2, 0.25) is 10.0 Å². The van der Waals surface area contributed by atoms with Gasteiger partial charge in [-0.15, -0.1) is 0 Å². The molecule has 9 heteroatoms. The number of carbonyl (C=O) groups is 2. The molecule has 0 bridgehead atoms. The molecule has 2 unspecified atom stereocenters. The lowest BCUT2D eigenvalue weighted by molar-refractivity contribution is -0.130. The first-order valence-electron chi connectivity index (χ1n) is 12.0. The molecule has 2 atom stereocenters. The molecule has 2 fully saturated rings. The summed E-state index contributed by atoms with van der Waals surface area (Å²) < 4.78 is 5.33. The van der Waals surface area contributed by atoms with Crippen molar-refractivity contribution in [2.45, 2.75) is 44.2 Å². The Balaban J connectivity index is 1.43. The van der Waals surface area contributed by atoms with Crippen LogP contribution in [0.4, 0.5) is 0 Å². The van der Waals surface area contributed by atoms with Crippen LogP contribution < -0.4 is 0 Å². The first-order valence-corrected chi connectivity index (χ1v) is 12.7. The quantitative estimate of drug-likeness (QED) is 0.406. The number of hydrogen-bond acceptors (Lipinski definition) is 5. The lowest BCUT2D eigenvalue weighted by atomic mass is 10.00. The summed E-state index contributed by atoms with van der Waals surface area (Å²) >= 11 is 12.0. The summed E-state index contributed by atoms with van der Waals surface area (Å²) in [6.07, 6.45) is 6.91. The van der Waals surface area contributed by atoms with Gasteiger partial charge in [0.25, 0.3) is 0 Å². The molecule has 34 heavy (non-hydrogen) atoms. The molecule has 0 radical (unpaired) electrons. The maximum absolute atomic E-state index is 12.6. The second-order valence-electron chi connectivity index (χ2n) is 9.01. The van der Waals surface area contributed by atoms with Gasteiger partial charge in [-0.2, -0.15) is 0 Å². The van der Waals surface area contributed by atoms with Gasteiger partial charge in [0.05, 0.1) is 22.8 Å². The number of piperidine rings is 1. The van der Waals surface area contributed by atoms with E-state index in [4.69, 9.17) is 27.9 Å². The monoisotopic (exact) mass is 511 g/mol. The van der Waals surface area contributed by atoms with Crippen molar-refractivity contribution in [3.05, 3.63) is 39.9 Å². The molecule has 2 aliphatic rings. The highest BCUT2D eigenvalue weighted by Gasteiger charge is 2.27. The van der Waals surface area contributed by atoms with Gasteiger partial charge in [-0.3, -0.25) is 14.5 Å². The standard InChI is InChI=1S/C25H35Cl2N3O4/c1-34-18-20-6-7-21(31)17-30(20)12-3-2-11-28-14-15-29(13-10-25(28)33)24(32)9-5-19-4-8-22(26)23(27)16-19/h4-5,8-9,16,20-21,31H,2-3,6-7,10-15,17-18H2,1H3. The van der Waals surface area contributed by atoms with E-state index in [1.54, 1.807) is 36.3 Å². The topological polar surface area (TPSA) is 73.3 Å². The number of likely N-dealkylation sites (tertiary alicyclic amines) is 1. The van der Waals surface area contributed by atoms with Gasteiger partial charge < -0.3 is 19.6 Å². The zero-order chi connectivity index (χ0) is 24.5. The van der Waals surface area contributed by atoms with E-state index >= 15 is 0 Å². The summed E-state index contributed by atoms with van der Waals surface area (Å²) in [6.45, 7) is 4.42. The number of rotatable bonds is 9. The number of aliphatic hydroxyl groups is 1. The van der Waals surface area contributed by atoms with Crippen molar-refractivity contribution in [1.82, 2.24) is 14.7 Å². The van der Waals surface area contributed by atoms with Crippen LogP contribution in [-0.2, 0) is 14.3 Å². The Kier molecular flexibility index (Phi) is 10.7. The van der Waals surface area contributed by atoms with Gasteiger partial charge in [0.15, 0.2) is 0 Å². The average Bonchev–Trinajstić information content (AvgIpc) is 3.00. The molecule has 2 aliphatic heterocycles. The number of nitrogens with zero attached hydrogens (tertiary/aromatic N) is 3. The van der Waals surface area contributed by atoms with Crippen LogP contribution in [0.5, 0.6) is 0 Å². The largest absolute Gasteiger partial charge is 0.392 e. The number of amides is 2. The van der Waals surface area contributed by atoms with Gasteiger partial charge in [0.1, 0.15) is 0 Å². The third-order valence-corrected chi connectivity index (χ3v) is 7.28. The van der Waals surface area contributed by atoms with E-state index in [1.807, 2.05) is 4.90 Å². The van der Waals surface area contributed by atoms with Crippen LogP contribution in [0.1, 0.15) is 37.7 Å². The highest BCUT2D eigenvalue weighted by molar-refractivity contribution is 6.42. The van der Waals surface area contributed by atoms with Crippen molar-refractivity contribution >= 4 is 41.1 Å². The lowest BCUT2D eigenvalue weighted by Gasteiger charge is -2.37. The van der Waals surface area contributed by atoms with E-state index in [2.05, 4.69) is 4.90 Å². The number of methoxy groups -OCH3 is 1. The molecular formula is C25H35Cl2N3O4. The number of ether oxygens (including phenoxy) is 1. The first kappa shape index (κ1) is 27.0. The fourth-order valence-electron chi connectivity index (χ4n) is 4.56. The Hall–Kier alpha value is -1.64. The molecule has 3 rings (SSSR count). The second-order valence-corrected chi connectivity index (χ2v) is 9.82. The molecular weight excluding hydrogens is 477 g/mol. The smallest absolute Gasteiger partial charge is 0.246 e. The summed E-state index contributed by atoms with van der Waals surface area (Å²) in [5.74, 6) is -0.0250. The van der Waals surface area contributed by atoms with Crippen molar-refractivity contribution in [2.24, 2.45) is 0 Å². The van der Waals surface area contributed by atoms with E-state index in [0.29, 0.717) is 61.8 Å². The van der Waals surface area contributed by atoms with Crippen LogP contribution >= 0.6 is 23.2 Å². The van der Waals surface area contributed by atoms with Crippen LogP contribution in [0.25, 0.3) is 6.08 Å². The van der Waals surface area contributed by atoms with Gasteiger partial charge in [0.2, 0.25) is 11.8 Å². The maximum Gasteiger partial charge on any atom is 0.246 e. The number of aliphatic hydroxyl groups excluding tert-OH is 1. The Morgan fingerprint density at radius 1 is 1.15 bits per heavy atom. The molecule has 0 aliphatic carbocycles. The zero-order valence-electron chi connectivity index (χ0n) is 19.8. The van der Waals surface area contributed by atoms with Gasteiger partial charge in [-0.1, -0.05) is 29.3 Å². The van der Waals surface area contributed by atoms with Crippen LogP contribution in [-0.4, -0.2) is 96.8 Å². The minimum atomic E-state index is -0.269. The summed E-state index contributed by atoms with van der Waals surface area (Å²) in [6, 6.07) is 5.56. The second kappa shape index (κ2) is 13.4. The van der Waals surface area contributed by atoms with E-state index in [1.165, 1.54) is 6.08 Å². The fraction of sp³-hybridized carbons (Fsp3) is 0.600. The molecule has 1 N–H and O–H groups in total. The van der Waals surface area contributed by atoms with Gasteiger partial charge in [-0.05, 0) is 56.0 Å². The predicted octanol–water partition coefficient (Wildman–Crippen LogP) is 3.32. The average molecular weight is 512 g/mol. The van der Waals surface area contributed by atoms with E-state index < -0.39 is 0 Å². The van der Waals surface area contributed by atoms with Crippen LogP contribution in [0.15, 0.2) is 24.3 Å². The maximum atomic E-state index is 12.6. The van der Waals surface area contributed by atoms with Crippen molar-refractivity contribution in [3.63, 3.8) is 0 Å². The summed E-state index contributed by atoms with van der Waals surface area (Å²) in [5, 5.41) is 10.9. The molecule has 7 nitrogen and oxygen atoms in total.